The van der Waals surface area contributed by atoms with Crippen LogP contribution in [-0.4, -0.2) is 67.0 Å². The van der Waals surface area contributed by atoms with Crippen LogP contribution in [0.1, 0.15) is 36.1 Å². The topological polar surface area (TPSA) is 66.4 Å². The zero-order valence-corrected chi connectivity index (χ0v) is 17.2. The van der Waals surface area contributed by atoms with Crippen molar-refractivity contribution in [3.8, 4) is 0 Å². The molecule has 2 saturated heterocycles. The quantitative estimate of drug-likeness (QED) is 0.713. The van der Waals surface area contributed by atoms with Crippen molar-refractivity contribution < 1.29 is 8.42 Å². The first-order valence-electron chi connectivity index (χ1n) is 10.1. The van der Waals surface area contributed by atoms with Crippen LogP contribution < -0.4 is 4.90 Å². The van der Waals surface area contributed by atoms with Crippen molar-refractivity contribution in [1.29, 1.82) is 0 Å². The SMILES string of the molecule is O=S1(=O)CCC(N2CCN(c3ncnc4sc5c(c34)CCCCC5)CC2)C1. The predicted molar refractivity (Wildman–Crippen MR) is 110 cm³/mol. The van der Waals surface area contributed by atoms with Gasteiger partial charge in [-0.3, -0.25) is 4.90 Å². The lowest BCUT2D eigenvalue weighted by molar-refractivity contribution is 0.200. The van der Waals surface area contributed by atoms with Crippen molar-refractivity contribution in [1.82, 2.24) is 14.9 Å². The van der Waals surface area contributed by atoms with Gasteiger partial charge in [0.05, 0.1) is 16.9 Å². The molecule has 0 bridgehead atoms. The highest BCUT2D eigenvalue weighted by molar-refractivity contribution is 7.91. The molecule has 6 nitrogen and oxygen atoms in total. The van der Waals surface area contributed by atoms with Crippen LogP contribution in [0.2, 0.25) is 0 Å². The standard InChI is InChI=1S/C19H26N4O2S2/c24-27(25)11-6-14(12-27)22-7-9-23(10-8-22)18-17-15-4-2-1-3-5-16(15)26-19(17)21-13-20-18/h13-14H,1-12H2. The van der Waals surface area contributed by atoms with E-state index in [9.17, 15) is 8.42 Å². The maximum atomic E-state index is 11.8. The monoisotopic (exact) mass is 406 g/mol. The van der Waals surface area contributed by atoms with Crippen LogP contribution in [0.4, 0.5) is 5.82 Å². The Hall–Kier alpha value is -1.25. The zero-order valence-electron chi connectivity index (χ0n) is 15.6. The Morgan fingerprint density at radius 1 is 1.04 bits per heavy atom. The van der Waals surface area contributed by atoms with Crippen LogP contribution >= 0.6 is 11.3 Å². The molecule has 0 aromatic carbocycles. The second-order valence-corrected chi connectivity index (χ2v) is 11.3. The molecule has 8 heteroatoms. The van der Waals surface area contributed by atoms with Crippen LogP contribution in [0.25, 0.3) is 10.2 Å². The van der Waals surface area contributed by atoms with E-state index in [1.54, 1.807) is 6.33 Å². The first kappa shape index (κ1) is 17.8. The molecule has 2 fully saturated rings. The molecule has 146 valence electrons. The maximum absolute atomic E-state index is 11.8. The molecular weight excluding hydrogens is 380 g/mol. The van der Waals surface area contributed by atoms with E-state index >= 15 is 0 Å². The van der Waals surface area contributed by atoms with Crippen LogP contribution in [0.15, 0.2) is 6.33 Å². The van der Waals surface area contributed by atoms with Gasteiger partial charge in [-0.1, -0.05) is 6.42 Å². The minimum Gasteiger partial charge on any atom is -0.353 e. The average Bonchev–Trinajstić information content (AvgIpc) is 3.12. The molecule has 1 aliphatic carbocycles. The van der Waals surface area contributed by atoms with E-state index in [2.05, 4.69) is 14.8 Å². The van der Waals surface area contributed by atoms with E-state index in [-0.39, 0.29) is 6.04 Å². The van der Waals surface area contributed by atoms with Gasteiger partial charge >= 0.3 is 0 Å². The van der Waals surface area contributed by atoms with Gasteiger partial charge in [-0.2, -0.15) is 0 Å². The van der Waals surface area contributed by atoms with Crippen molar-refractivity contribution in [2.24, 2.45) is 0 Å². The maximum Gasteiger partial charge on any atom is 0.151 e. The molecule has 2 aromatic heterocycles. The summed E-state index contributed by atoms with van der Waals surface area (Å²) in [6.07, 6.45) is 8.69. The molecule has 3 aliphatic rings. The van der Waals surface area contributed by atoms with Gasteiger partial charge in [0.25, 0.3) is 0 Å². The third kappa shape index (κ3) is 3.36. The second-order valence-electron chi connectivity index (χ2n) is 8.02. The highest BCUT2D eigenvalue weighted by Crippen LogP contribution is 2.39. The summed E-state index contributed by atoms with van der Waals surface area (Å²) >= 11 is 1.86. The Labute approximate surface area is 164 Å². The third-order valence-electron chi connectivity index (χ3n) is 6.32. The molecule has 1 atom stereocenters. The lowest BCUT2D eigenvalue weighted by atomic mass is 10.1. The summed E-state index contributed by atoms with van der Waals surface area (Å²) in [6.45, 7) is 3.65. The number of rotatable bonds is 2. The van der Waals surface area contributed by atoms with E-state index < -0.39 is 9.84 Å². The molecule has 0 radical (unpaired) electrons. The average molecular weight is 407 g/mol. The molecule has 0 N–H and O–H groups in total. The van der Waals surface area contributed by atoms with Crippen LogP contribution in [0.5, 0.6) is 0 Å². The summed E-state index contributed by atoms with van der Waals surface area (Å²) in [5.41, 5.74) is 1.49. The van der Waals surface area contributed by atoms with Crippen molar-refractivity contribution in [2.75, 3.05) is 42.6 Å². The minimum absolute atomic E-state index is 0.208. The molecular formula is C19H26N4O2S2. The lowest BCUT2D eigenvalue weighted by Gasteiger charge is -2.38. The van der Waals surface area contributed by atoms with Crippen LogP contribution in [0, 0.1) is 0 Å². The number of hydrogen-bond donors (Lipinski definition) is 0. The van der Waals surface area contributed by atoms with Crippen LogP contribution in [-0.2, 0) is 22.7 Å². The molecule has 27 heavy (non-hydrogen) atoms. The highest BCUT2D eigenvalue weighted by atomic mass is 32.2. The van der Waals surface area contributed by atoms with Gasteiger partial charge in [0.15, 0.2) is 9.84 Å². The molecule has 0 saturated carbocycles. The summed E-state index contributed by atoms with van der Waals surface area (Å²) in [6, 6.07) is 0.208. The van der Waals surface area contributed by atoms with Crippen molar-refractivity contribution in [3.05, 3.63) is 16.8 Å². The number of aryl methyl sites for hydroxylation is 2. The third-order valence-corrected chi connectivity index (χ3v) is 9.27. The van der Waals surface area contributed by atoms with Gasteiger partial charge in [0.2, 0.25) is 0 Å². The van der Waals surface area contributed by atoms with Crippen LogP contribution in [0.3, 0.4) is 0 Å². The zero-order chi connectivity index (χ0) is 18.4. The fourth-order valence-electron chi connectivity index (χ4n) is 4.85. The summed E-state index contributed by atoms with van der Waals surface area (Å²) in [7, 11) is -2.82. The van der Waals surface area contributed by atoms with E-state index in [0.29, 0.717) is 11.5 Å². The Morgan fingerprint density at radius 3 is 2.63 bits per heavy atom. The lowest BCUT2D eigenvalue weighted by Crippen LogP contribution is -2.51. The molecule has 2 aliphatic heterocycles. The highest BCUT2D eigenvalue weighted by Gasteiger charge is 2.34. The number of nitrogens with zero attached hydrogens (tertiary/aromatic N) is 4. The predicted octanol–water partition coefficient (Wildman–Crippen LogP) is 2.27. The number of hydrogen-bond acceptors (Lipinski definition) is 7. The smallest absolute Gasteiger partial charge is 0.151 e. The Bertz CT molecular complexity index is 948. The van der Waals surface area contributed by atoms with Gasteiger partial charge in [-0.15, -0.1) is 11.3 Å². The summed E-state index contributed by atoms with van der Waals surface area (Å²) in [5.74, 6) is 1.78. The number of aromatic nitrogens is 2. The van der Waals surface area contributed by atoms with E-state index in [0.717, 1.165) is 49.7 Å². The van der Waals surface area contributed by atoms with Gasteiger partial charge < -0.3 is 4.90 Å². The Kier molecular flexibility index (Phi) is 4.60. The number of piperazine rings is 1. The van der Waals surface area contributed by atoms with E-state index in [1.165, 1.54) is 41.5 Å². The summed E-state index contributed by atoms with van der Waals surface area (Å²) in [4.78, 5) is 16.7. The number of sulfone groups is 1. The fraction of sp³-hybridized carbons (Fsp3) is 0.684. The molecule has 0 amide bonds. The van der Waals surface area contributed by atoms with Gasteiger partial charge in [0, 0.05) is 37.1 Å². The van der Waals surface area contributed by atoms with Crippen molar-refractivity contribution in [2.45, 2.75) is 44.6 Å². The Balaban J connectivity index is 1.38. The molecule has 4 heterocycles. The second kappa shape index (κ2) is 6.97. The number of anilines is 1. The molecule has 0 spiro atoms. The van der Waals surface area contributed by atoms with Gasteiger partial charge in [0.1, 0.15) is 17.0 Å². The molecule has 1 unspecified atom stereocenters. The van der Waals surface area contributed by atoms with E-state index in [1.807, 2.05) is 11.3 Å². The van der Waals surface area contributed by atoms with Crippen molar-refractivity contribution in [3.63, 3.8) is 0 Å². The van der Waals surface area contributed by atoms with Gasteiger partial charge in [-0.25, -0.2) is 18.4 Å². The van der Waals surface area contributed by atoms with Gasteiger partial charge in [-0.05, 0) is 37.7 Å². The summed E-state index contributed by atoms with van der Waals surface area (Å²) in [5, 5.41) is 1.29. The molecule has 5 rings (SSSR count). The minimum atomic E-state index is -2.82. The number of thiophene rings is 1. The van der Waals surface area contributed by atoms with Crippen molar-refractivity contribution >= 4 is 37.2 Å². The largest absolute Gasteiger partial charge is 0.353 e. The molecule has 2 aromatic rings. The Morgan fingerprint density at radius 2 is 1.85 bits per heavy atom. The fourth-order valence-corrected chi connectivity index (χ4v) is 7.84. The first-order valence-corrected chi connectivity index (χ1v) is 12.7. The first-order chi connectivity index (χ1) is 13.1. The number of fused-ring (bicyclic) bond motifs is 3. The van der Waals surface area contributed by atoms with E-state index in [4.69, 9.17) is 4.98 Å². The normalized spacial score (nSPS) is 26.2. The summed E-state index contributed by atoms with van der Waals surface area (Å²) < 4.78 is 23.6.